The summed E-state index contributed by atoms with van der Waals surface area (Å²) in [5.74, 6) is -0.584. The molecule has 6 rings (SSSR count). The summed E-state index contributed by atoms with van der Waals surface area (Å²) in [6.45, 7) is 1.21. The average Bonchev–Trinajstić information content (AvgIpc) is 3.61. The Hall–Kier alpha value is -3.78. The first-order valence-corrected chi connectivity index (χ1v) is 11.2. The molecule has 1 aliphatic carbocycles. The van der Waals surface area contributed by atoms with Crippen LogP contribution in [0.4, 0.5) is 0 Å². The Bertz CT molecular complexity index is 1410. The first-order chi connectivity index (χ1) is 16.1. The van der Waals surface area contributed by atoms with Gasteiger partial charge in [-0.05, 0) is 43.2 Å². The number of nitrogens with zero attached hydrogens (tertiary/aromatic N) is 4. The van der Waals surface area contributed by atoms with Crippen LogP contribution in [0.2, 0.25) is 0 Å². The summed E-state index contributed by atoms with van der Waals surface area (Å²) in [7, 11) is 0. The summed E-state index contributed by atoms with van der Waals surface area (Å²) >= 11 is 0. The Balaban J connectivity index is 1.28. The van der Waals surface area contributed by atoms with Crippen LogP contribution >= 0.6 is 0 Å². The molecule has 2 aliphatic rings. The van der Waals surface area contributed by atoms with E-state index >= 15 is 0 Å². The molecule has 1 saturated carbocycles. The second-order valence-electron chi connectivity index (χ2n) is 8.67. The number of para-hydroxylation sites is 1. The highest BCUT2D eigenvalue weighted by Crippen LogP contribution is 2.37. The number of pyridine rings is 1. The molecule has 33 heavy (non-hydrogen) atoms. The zero-order valence-electron chi connectivity index (χ0n) is 18.0. The third-order valence-electron chi connectivity index (χ3n) is 6.45. The highest BCUT2D eigenvalue weighted by Gasteiger charge is 2.29. The Morgan fingerprint density at radius 1 is 1.06 bits per heavy atom. The molecule has 2 amide bonds. The minimum absolute atomic E-state index is 0.0675. The third kappa shape index (κ3) is 3.52. The van der Waals surface area contributed by atoms with E-state index in [1.807, 2.05) is 48.8 Å². The molecule has 166 valence electrons. The zero-order chi connectivity index (χ0) is 22.5. The van der Waals surface area contributed by atoms with Gasteiger partial charge in [-0.2, -0.15) is 0 Å². The smallest absolute Gasteiger partial charge is 0.254 e. The van der Waals surface area contributed by atoms with E-state index in [1.165, 1.54) is 12.8 Å². The van der Waals surface area contributed by atoms with Crippen LogP contribution < -0.4 is 5.73 Å². The van der Waals surface area contributed by atoms with Gasteiger partial charge in [0.05, 0.1) is 47.3 Å². The summed E-state index contributed by atoms with van der Waals surface area (Å²) in [6.07, 6.45) is 3.79. The predicted molar refractivity (Wildman–Crippen MR) is 123 cm³/mol. The Morgan fingerprint density at radius 2 is 1.91 bits per heavy atom. The molecule has 1 aliphatic heterocycles. The minimum Gasteiger partial charge on any atom is -0.368 e. The highest BCUT2D eigenvalue weighted by molar-refractivity contribution is 6.05. The van der Waals surface area contributed by atoms with E-state index in [1.54, 1.807) is 11.0 Å². The number of benzene rings is 2. The van der Waals surface area contributed by atoms with Crippen molar-refractivity contribution >= 4 is 33.8 Å². The van der Waals surface area contributed by atoms with Gasteiger partial charge in [0, 0.05) is 23.5 Å². The van der Waals surface area contributed by atoms with Gasteiger partial charge in [-0.1, -0.05) is 18.2 Å². The van der Waals surface area contributed by atoms with E-state index in [0.717, 1.165) is 11.0 Å². The van der Waals surface area contributed by atoms with Gasteiger partial charge in [-0.25, -0.2) is 9.97 Å². The number of carbonyl (C=O) groups excluding carboxylic acids is 2. The SMILES string of the molecule is NC(=O)c1cc(C2CN(C(=O)c3ccc4c(c3)ncn4C3CC3)CCO2)nc2ccccc12. The fraction of sp³-hybridized carbons (Fsp3) is 0.280. The molecule has 2 N–H and O–H groups in total. The van der Waals surface area contributed by atoms with Crippen LogP contribution in [0.15, 0.2) is 54.9 Å². The summed E-state index contributed by atoms with van der Waals surface area (Å²) in [6, 6.07) is 15.3. The monoisotopic (exact) mass is 441 g/mol. The van der Waals surface area contributed by atoms with Gasteiger partial charge in [0.15, 0.2) is 0 Å². The van der Waals surface area contributed by atoms with Gasteiger partial charge in [-0.15, -0.1) is 0 Å². The normalized spacial score (nSPS) is 18.7. The summed E-state index contributed by atoms with van der Waals surface area (Å²) in [5, 5.41) is 0.705. The molecule has 8 nitrogen and oxygen atoms in total. The second kappa shape index (κ2) is 7.67. The van der Waals surface area contributed by atoms with Crippen LogP contribution in [0.25, 0.3) is 21.9 Å². The van der Waals surface area contributed by atoms with Crippen LogP contribution in [0.1, 0.15) is 51.4 Å². The minimum atomic E-state index is -0.516. The quantitative estimate of drug-likeness (QED) is 0.524. The highest BCUT2D eigenvalue weighted by atomic mass is 16.5. The maximum atomic E-state index is 13.3. The molecule has 8 heteroatoms. The maximum absolute atomic E-state index is 13.3. The first-order valence-electron chi connectivity index (χ1n) is 11.2. The van der Waals surface area contributed by atoms with Crippen molar-refractivity contribution in [2.24, 2.45) is 5.73 Å². The molecule has 2 aromatic carbocycles. The lowest BCUT2D eigenvalue weighted by Crippen LogP contribution is -2.42. The lowest BCUT2D eigenvalue weighted by molar-refractivity contribution is -0.0246. The standard InChI is InChI=1S/C25H23N5O3/c26-24(31)18-12-21(28-19-4-2-1-3-17(18)19)23-13-29(9-10-33-23)25(32)15-5-8-22-20(11-15)27-14-30(22)16-6-7-16/h1-5,8,11-12,14,16,23H,6-7,9-10,13H2,(H2,26,31). The third-order valence-corrected chi connectivity index (χ3v) is 6.45. The van der Waals surface area contributed by atoms with E-state index in [4.69, 9.17) is 15.5 Å². The van der Waals surface area contributed by atoms with Crippen LogP contribution in [0.5, 0.6) is 0 Å². The summed E-state index contributed by atoms with van der Waals surface area (Å²) in [4.78, 5) is 36.3. The van der Waals surface area contributed by atoms with Crippen LogP contribution in [0, 0.1) is 0 Å². The number of rotatable bonds is 4. The second-order valence-corrected chi connectivity index (χ2v) is 8.67. The lowest BCUT2D eigenvalue weighted by atomic mass is 10.0. The number of hydrogen-bond donors (Lipinski definition) is 1. The van der Waals surface area contributed by atoms with Gasteiger partial charge in [0.2, 0.25) is 5.91 Å². The van der Waals surface area contributed by atoms with Crippen LogP contribution in [-0.2, 0) is 4.74 Å². The molecule has 4 aromatic rings. The number of hydrogen-bond acceptors (Lipinski definition) is 5. The van der Waals surface area contributed by atoms with E-state index in [2.05, 4.69) is 9.55 Å². The maximum Gasteiger partial charge on any atom is 0.254 e. The Kier molecular flexibility index (Phi) is 4.62. The van der Waals surface area contributed by atoms with Gasteiger partial charge >= 0.3 is 0 Å². The van der Waals surface area contributed by atoms with Crippen molar-refractivity contribution in [3.63, 3.8) is 0 Å². The Morgan fingerprint density at radius 3 is 2.73 bits per heavy atom. The van der Waals surface area contributed by atoms with Crippen molar-refractivity contribution in [3.05, 3.63) is 71.7 Å². The molecule has 0 spiro atoms. The van der Waals surface area contributed by atoms with E-state index in [0.29, 0.717) is 53.5 Å². The van der Waals surface area contributed by atoms with Crippen molar-refractivity contribution < 1.29 is 14.3 Å². The number of fused-ring (bicyclic) bond motifs is 2. The molecular formula is C25H23N5O3. The topological polar surface area (TPSA) is 103 Å². The van der Waals surface area contributed by atoms with Crippen molar-refractivity contribution in [3.8, 4) is 0 Å². The number of ether oxygens (including phenoxy) is 1. The predicted octanol–water partition coefficient (Wildman–Crippen LogP) is 3.23. The van der Waals surface area contributed by atoms with Gasteiger partial charge in [-0.3, -0.25) is 9.59 Å². The van der Waals surface area contributed by atoms with E-state index in [9.17, 15) is 9.59 Å². The molecule has 1 unspecified atom stereocenters. The van der Waals surface area contributed by atoms with E-state index in [-0.39, 0.29) is 5.91 Å². The molecule has 0 bridgehead atoms. The molecular weight excluding hydrogens is 418 g/mol. The van der Waals surface area contributed by atoms with Gasteiger partial charge in [0.25, 0.3) is 5.91 Å². The summed E-state index contributed by atoms with van der Waals surface area (Å²) in [5.41, 5.74) is 9.79. The number of carbonyl (C=O) groups is 2. The number of nitrogens with two attached hydrogens (primary N) is 1. The number of imidazole rings is 1. The lowest BCUT2D eigenvalue weighted by Gasteiger charge is -2.33. The largest absolute Gasteiger partial charge is 0.368 e. The fourth-order valence-corrected chi connectivity index (χ4v) is 4.57. The zero-order valence-corrected chi connectivity index (χ0v) is 18.0. The van der Waals surface area contributed by atoms with Crippen molar-refractivity contribution in [2.75, 3.05) is 19.7 Å². The van der Waals surface area contributed by atoms with Crippen molar-refractivity contribution in [1.29, 1.82) is 0 Å². The molecule has 2 fully saturated rings. The molecule has 3 heterocycles. The summed E-state index contributed by atoms with van der Waals surface area (Å²) < 4.78 is 8.14. The number of amides is 2. The molecule has 2 aromatic heterocycles. The average molecular weight is 441 g/mol. The first kappa shape index (κ1) is 19.9. The number of morpholine rings is 1. The van der Waals surface area contributed by atoms with Gasteiger partial charge in [0.1, 0.15) is 6.10 Å². The van der Waals surface area contributed by atoms with Crippen molar-refractivity contribution in [1.82, 2.24) is 19.4 Å². The Labute approximate surface area is 190 Å². The van der Waals surface area contributed by atoms with Crippen LogP contribution in [0.3, 0.4) is 0 Å². The fourth-order valence-electron chi connectivity index (χ4n) is 4.57. The van der Waals surface area contributed by atoms with Crippen molar-refractivity contribution in [2.45, 2.75) is 25.0 Å². The number of primary amides is 1. The molecule has 1 atom stereocenters. The number of aromatic nitrogens is 3. The molecule has 1 saturated heterocycles. The van der Waals surface area contributed by atoms with E-state index < -0.39 is 12.0 Å². The molecule has 0 radical (unpaired) electrons. The van der Waals surface area contributed by atoms with Crippen LogP contribution in [-0.4, -0.2) is 50.9 Å². The van der Waals surface area contributed by atoms with Gasteiger partial charge < -0.3 is 19.9 Å².